The molecule has 0 spiro atoms. The average Bonchev–Trinajstić information content (AvgIpc) is 1.39. The van der Waals surface area contributed by atoms with E-state index < -0.39 is 0 Å². The van der Waals surface area contributed by atoms with Crippen molar-refractivity contribution >= 4 is 0 Å². The van der Waals surface area contributed by atoms with E-state index in [4.69, 9.17) is 22.1 Å². The van der Waals surface area contributed by atoms with E-state index >= 15 is 0 Å². The number of nitrogens with zero attached hydrogens (tertiary/aromatic N) is 6. The van der Waals surface area contributed by atoms with E-state index in [1.54, 1.807) is 0 Å². The fraction of sp³-hybridized carbons (Fsp3) is 0. The van der Waals surface area contributed by atoms with Crippen LogP contribution >= 0.6 is 0 Å². The molecule has 0 atom stereocenters. The largest absolute Gasteiger partial charge is 2.00 e. The topological polar surface area (TPSA) is 146 Å². The quantitative estimate of drug-likeness (QED) is 0.247. The van der Waals surface area contributed by atoms with Gasteiger partial charge in [0, 0.05) is 0 Å². The molecule has 0 aromatic carbocycles. The zero-order valence-corrected chi connectivity index (χ0v) is 3.09. The third kappa shape index (κ3) is 15.1. The van der Waals surface area contributed by atoms with E-state index in [-0.39, 0.29) is 5.48 Å². The lowest BCUT2D eigenvalue weighted by molar-refractivity contribution is 0.686. The normalized spacial score (nSPS) is 2.29. The molecule has 0 bridgehead atoms. The second kappa shape index (κ2) is 174. The molecule has 0 fully saturated rings. The van der Waals surface area contributed by atoms with E-state index in [1.165, 1.54) is 9.82 Å². The third-order valence-corrected chi connectivity index (χ3v) is 0. The molecule has 0 aromatic rings. The fourth-order valence-electron chi connectivity index (χ4n) is 0. The minimum Gasteiger partial charge on any atom is -0.373 e. The Morgan fingerprint density at radius 3 is 0.714 bits per heavy atom. The van der Waals surface area contributed by atoms with Crippen molar-refractivity contribution in [3.63, 3.8) is 0 Å². The molecule has 7 nitrogen and oxygen atoms in total. The molecular weight excluding hydrogens is 100 g/mol. The summed E-state index contributed by atoms with van der Waals surface area (Å²) in [7, 11) is 0. The number of hydrogen-bond acceptors (Lipinski definition) is 0. The van der Waals surface area contributed by atoms with Crippen LogP contribution < -0.4 is 0 Å². The Hall–Kier alpha value is -1.42. The van der Waals surface area contributed by atoms with Crippen LogP contribution in [0, 0.1) is 0 Å². The van der Waals surface area contributed by atoms with Gasteiger partial charge in [-0.15, -0.1) is 0 Å². The molecule has 0 heterocycles. The fourth-order valence-corrected chi connectivity index (χ4v) is 0. The monoisotopic (exact) mass is 100 g/mol. The molecule has 0 N–H and O–H groups in total. The van der Waals surface area contributed by atoms with Gasteiger partial charge < -0.3 is 22.1 Å². The van der Waals surface area contributed by atoms with Gasteiger partial charge in [0.05, 0.1) is 0 Å². The Balaban J connectivity index is -0.0000000400. The summed E-state index contributed by atoms with van der Waals surface area (Å²) in [6.45, 7) is 0. The van der Waals surface area contributed by atoms with Crippen molar-refractivity contribution in [2.45, 2.75) is 0 Å². The van der Waals surface area contributed by atoms with Crippen LogP contribution in [0.1, 0.15) is 0 Å². The first-order valence-electron chi connectivity index (χ1n) is 0.800. The van der Waals surface area contributed by atoms with E-state index in [1.807, 2.05) is 0 Å². The summed E-state index contributed by atoms with van der Waals surface area (Å²) in [5.41, 5.74) is 27.0. The van der Waals surface area contributed by atoms with E-state index in [0.717, 1.165) is 0 Å². The summed E-state index contributed by atoms with van der Waals surface area (Å²) in [4.78, 5) is 3.00. The molecule has 0 rings (SSSR count). The van der Waals surface area contributed by atoms with Crippen LogP contribution in [0.4, 0.5) is 0 Å². The summed E-state index contributed by atoms with van der Waals surface area (Å²) in [6, 6.07) is 0. The van der Waals surface area contributed by atoms with Gasteiger partial charge in [-0.2, -0.15) is 0 Å². The zero-order chi connectivity index (χ0) is 5.41. The van der Waals surface area contributed by atoms with Crippen molar-refractivity contribution in [1.82, 2.24) is 0 Å². The maximum Gasteiger partial charge on any atom is 2.00 e. The second-order valence-corrected chi connectivity index (χ2v) is 0.179. The highest BCUT2D eigenvalue weighted by Gasteiger charge is 2.00. The van der Waals surface area contributed by atoms with Gasteiger partial charge >= 0.3 is 5.48 Å². The summed E-state index contributed by atoms with van der Waals surface area (Å²) < 4.78 is 0. The highest BCUT2D eigenvalue weighted by molar-refractivity contribution is 4.36. The maximum absolute atomic E-state index is 6.75. The predicted octanol–water partition coefficient (Wildman–Crippen LogP) is 1.61. The summed E-state index contributed by atoms with van der Waals surface area (Å²) >= 11 is 0. The molecule has 0 saturated carbocycles. The zero-order valence-electron chi connectivity index (χ0n) is 3.09. The van der Waals surface area contributed by atoms with Crippen LogP contribution in [-0.4, -0.2) is 0 Å². The lowest BCUT2D eigenvalue weighted by Gasteiger charge is -1.32. The first-order valence-corrected chi connectivity index (χ1v) is 0.800. The Morgan fingerprint density at radius 1 is 0.714 bits per heavy atom. The summed E-state index contributed by atoms with van der Waals surface area (Å²) in [5, 5.41) is 0. The Bertz CT molecular complexity index is 58.2. The minimum absolute atomic E-state index is 0. The van der Waals surface area contributed by atoms with Crippen LogP contribution in [0.15, 0.2) is 0 Å². The molecule has 0 amide bonds. The van der Waals surface area contributed by atoms with Gasteiger partial charge in [0.15, 0.2) is 0 Å². The average molecular weight is 100 g/mol. The van der Waals surface area contributed by atoms with E-state index in [0.29, 0.717) is 0 Å². The van der Waals surface area contributed by atoms with Crippen LogP contribution in [0.5, 0.6) is 0 Å². The molecule has 0 aromatic heterocycles. The lowest BCUT2D eigenvalue weighted by Crippen LogP contribution is -0.711. The molecule has 0 unspecified atom stereocenters. The molecule has 7 heteroatoms. The van der Waals surface area contributed by atoms with Crippen molar-refractivity contribution in [1.29, 1.82) is 0 Å². The van der Waals surface area contributed by atoms with Crippen molar-refractivity contribution in [3.05, 3.63) is 31.9 Å². The molecular formula is N6O. The number of rotatable bonds is 0. The van der Waals surface area contributed by atoms with Gasteiger partial charge in [-0.05, 0) is 0 Å². The van der Waals surface area contributed by atoms with Gasteiger partial charge in [0.25, 0.3) is 0 Å². The van der Waals surface area contributed by atoms with Crippen molar-refractivity contribution in [2.75, 3.05) is 0 Å². The van der Waals surface area contributed by atoms with E-state index in [9.17, 15) is 0 Å². The number of hydrogen-bond donors (Lipinski definition) is 0. The summed E-state index contributed by atoms with van der Waals surface area (Å²) in [6.07, 6.45) is 0. The van der Waals surface area contributed by atoms with Gasteiger partial charge in [-0.25, -0.2) is 0 Å². The van der Waals surface area contributed by atoms with Crippen molar-refractivity contribution < 1.29 is 5.48 Å². The van der Waals surface area contributed by atoms with Crippen molar-refractivity contribution in [2.24, 2.45) is 0 Å². The van der Waals surface area contributed by atoms with Gasteiger partial charge in [-0.1, -0.05) is 0 Å². The Kier molecular flexibility index (Phi) is 438. The Morgan fingerprint density at radius 2 is 0.714 bits per heavy atom. The molecule has 36 valence electrons. The predicted molar refractivity (Wildman–Crippen MR) is 20.8 cm³/mol. The minimum atomic E-state index is 0. The first kappa shape index (κ1) is 17.6. The molecule has 7 heavy (non-hydrogen) atoms. The lowest BCUT2D eigenvalue weighted by atomic mass is 13.0. The summed E-state index contributed by atoms with van der Waals surface area (Å²) in [5.74, 6) is 0. The molecule has 0 aliphatic heterocycles. The highest BCUT2D eigenvalue weighted by Crippen LogP contribution is 1.29. The Labute approximate surface area is 38.7 Å². The van der Waals surface area contributed by atoms with Crippen LogP contribution in [0.25, 0.3) is 31.9 Å². The standard InChI is InChI=1S/2N3.O/c2*1-3-2;/q2*-1;+2. The van der Waals surface area contributed by atoms with Gasteiger partial charge in [0.2, 0.25) is 0 Å². The van der Waals surface area contributed by atoms with Crippen LogP contribution in [0.3, 0.4) is 0 Å². The molecule has 0 saturated heterocycles. The second-order valence-electron chi connectivity index (χ2n) is 0.179. The van der Waals surface area contributed by atoms with Gasteiger partial charge in [-0.3, -0.25) is 9.82 Å². The highest BCUT2D eigenvalue weighted by atomic mass is 16.0. The first-order chi connectivity index (χ1) is 2.83. The molecule has 4 radical (unpaired) electrons. The maximum atomic E-state index is 6.75. The SMILES string of the molecule is [N-]=[N+]=[N-].[N-]=[N+]=[N-].[O+2]. The molecule has 0 aliphatic carbocycles. The third-order valence-electron chi connectivity index (χ3n) is 0. The van der Waals surface area contributed by atoms with Crippen molar-refractivity contribution in [3.8, 4) is 0 Å². The molecule has 0 aliphatic rings. The van der Waals surface area contributed by atoms with Crippen LogP contribution in [0.2, 0.25) is 0 Å². The smallest absolute Gasteiger partial charge is 0.373 e. The van der Waals surface area contributed by atoms with Gasteiger partial charge in [0.1, 0.15) is 0 Å². The van der Waals surface area contributed by atoms with E-state index in [2.05, 4.69) is 0 Å². The van der Waals surface area contributed by atoms with Crippen LogP contribution in [-0.2, 0) is 5.48 Å².